The monoisotopic (exact) mass is 394 g/mol. The summed E-state index contributed by atoms with van der Waals surface area (Å²) in [6, 6.07) is 9.08. The molecule has 1 aromatic carbocycles. The molecule has 29 heavy (non-hydrogen) atoms. The van der Waals surface area contributed by atoms with Crippen LogP contribution in [0.1, 0.15) is 75.1 Å². The highest BCUT2D eigenvalue weighted by Crippen LogP contribution is 2.26. The Morgan fingerprint density at radius 3 is 2.59 bits per heavy atom. The number of hydrogen-bond donors (Lipinski definition) is 0. The standard InChI is InChI=1S/C26H34O3/c1-2-3-4-6-13-18-24-22(19-20-25(24)27)15-10-7-5-8-14-21-29-26(28)23-16-11-9-12-17-23/h7,9-12,16-20,22H,2-6,8,13-15,21H2,1H3. The number of carbonyl (C=O) groups excluding carboxylic acids is 2. The van der Waals surface area contributed by atoms with E-state index in [1.54, 1.807) is 18.2 Å². The van der Waals surface area contributed by atoms with E-state index in [-0.39, 0.29) is 17.7 Å². The van der Waals surface area contributed by atoms with E-state index in [9.17, 15) is 9.59 Å². The molecule has 0 amide bonds. The molecule has 1 atom stereocenters. The Morgan fingerprint density at radius 2 is 1.79 bits per heavy atom. The van der Waals surface area contributed by atoms with Gasteiger partial charge in [-0.1, -0.05) is 68.7 Å². The minimum atomic E-state index is -0.257. The van der Waals surface area contributed by atoms with Crippen LogP contribution < -0.4 is 0 Å². The predicted octanol–water partition coefficient (Wildman–Crippen LogP) is 6.61. The number of unbranched alkanes of at least 4 members (excludes halogenated alkanes) is 6. The summed E-state index contributed by atoms with van der Waals surface area (Å²) in [5.74, 6) is 0.156. The maximum absolute atomic E-state index is 12.0. The summed E-state index contributed by atoms with van der Waals surface area (Å²) < 4.78 is 5.29. The lowest BCUT2D eigenvalue weighted by Gasteiger charge is -2.08. The van der Waals surface area contributed by atoms with Gasteiger partial charge in [-0.25, -0.2) is 4.79 Å². The fraction of sp³-hybridized carbons (Fsp3) is 0.462. The quantitative estimate of drug-likeness (QED) is 0.164. The van der Waals surface area contributed by atoms with E-state index in [0.29, 0.717) is 12.2 Å². The molecule has 3 nitrogen and oxygen atoms in total. The number of benzene rings is 1. The van der Waals surface area contributed by atoms with Crippen molar-refractivity contribution in [1.82, 2.24) is 0 Å². The Bertz CT molecular complexity index is 713. The van der Waals surface area contributed by atoms with E-state index < -0.39 is 0 Å². The largest absolute Gasteiger partial charge is 0.462 e. The summed E-state index contributed by atoms with van der Waals surface area (Å²) in [6.07, 6.45) is 19.9. The van der Waals surface area contributed by atoms with Gasteiger partial charge in [0.05, 0.1) is 12.2 Å². The van der Waals surface area contributed by atoms with Crippen molar-refractivity contribution < 1.29 is 14.3 Å². The van der Waals surface area contributed by atoms with Gasteiger partial charge >= 0.3 is 5.97 Å². The lowest BCUT2D eigenvalue weighted by molar-refractivity contribution is -0.111. The van der Waals surface area contributed by atoms with E-state index in [1.807, 2.05) is 24.3 Å². The van der Waals surface area contributed by atoms with Gasteiger partial charge < -0.3 is 4.74 Å². The van der Waals surface area contributed by atoms with Crippen molar-refractivity contribution >= 4 is 11.8 Å². The average molecular weight is 395 g/mol. The first-order valence-corrected chi connectivity index (χ1v) is 11.0. The van der Waals surface area contributed by atoms with Crippen LogP contribution in [0.3, 0.4) is 0 Å². The lowest BCUT2D eigenvalue weighted by Crippen LogP contribution is -2.06. The normalized spacial score (nSPS) is 17.5. The van der Waals surface area contributed by atoms with E-state index in [1.165, 1.54) is 25.7 Å². The highest BCUT2D eigenvalue weighted by Gasteiger charge is 2.21. The number of hydrogen-bond acceptors (Lipinski definition) is 3. The van der Waals surface area contributed by atoms with E-state index in [0.717, 1.165) is 37.7 Å². The molecule has 2 rings (SSSR count). The van der Waals surface area contributed by atoms with Crippen molar-refractivity contribution in [3.05, 3.63) is 71.8 Å². The Hall–Kier alpha value is -2.42. The number of ketones is 1. The van der Waals surface area contributed by atoms with Gasteiger partial charge in [-0.15, -0.1) is 0 Å². The topological polar surface area (TPSA) is 43.4 Å². The van der Waals surface area contributed by atoms with Crippen LogP contribution in [0.4, 0.5) is 0 Å². The van der Waals surface area contributed by atoms with Crippen LogP contribution in [-0.2, 0) is 9.53 Å². The number of rotatable bonds is 13. The van der Waals surface area contributed by atoms with Crippen molar-refractivity contribution in [2.24, 2.45) is 5.92 Å². The second kappa shape index (κ2) is 13.7. The molecule has 1 aliphatic rings. The predicted molar refractivity (Wildman–Crippen MR) is 119 cm³/mol. The highest BCUT2D eigenvalue weighted by atomic mass is 16.5. The second-order valence-electron chi connectivity index (χ2n) is 7.54. The summed E-state index contributed by atoms with van der Waals surface area (Å²) in [6.45, 7) is 2.66. The zero-order valence-corrected chi connectivity index (χ0v) is 17.6. The molecule has 0 spiro atoms. The first-order valence-electron chi connectivity index (χ1n) is 11.0. The third-order valence-corrected chi connectivity index (χ3v) is 5.15. The van der Waals surface area contributed by atoms with Crippen molar-refractivity contribution in [2.45, 2.75) is 64.7 Å². The minimum Gasteiger partial charge on any atom is -0.462 e. The summed E-state index contributed by atoms with van der Waals surface area (Å²) in [4.78, 5) is 23.9. The van der Waals surface area contributed by atoms with Crippen molar-refractivity contribution in [3.8, 4) is 0 Å². The molecule has 0 saturated carbocycles. The molecule has 1 aromatic rings. The molecule has 3 heteroatoms. The molecule has 0 aliphatic heterocycles. The number of ether oxygens (including phenoxy) is 1. The highest BCUT2D eigenvalue weighted by molar-refractivity contribution is 6.07. The third kappa shape index (κ3) is 8.64. The maximum atomic E-state index is 12.0. The maximum Gasteiger partial charge on any atom is 0.338 e. The van der Waals surface area contributed by atoms with Crippen LogP contribution in [0.5, 0.6) is 0 Å². The van der Waals surface area contributed by atoms with Gasteiger partial charge in [0.2, 0.25) is 0 Å². The van der Waals surface area contributed by atoms with Crippen LogP contribution >= 0.6 is 0 Å². The number of allylic oxidation sites excluding steroid dienone is 6. The summed E-state index contributed by atoms with van der Waals surface area (Å²) >= 11 is 0. The average Bonchev–Trinajstić information content (AvgIpc) is 3.09. The molecule has 156 valence electrons. The van der Waals surface area contributed by atoms with Crippen LogP contribution in [0.2, 0.25) is 0 Å². The van der Waals surface area contributed by atoms with Crippen molar-refractivity contribution in [1.29, 1.82) is 0 Å². The Labute approximate surface area is 175 Å². The SMILES string of the molecule is CCCCCCC=C1C(=O)C=CC1CC=CCCCCOC(=O)c1ccccc1. The zero-order valence-electron chi connectivity index (χ0n) is 17.6. The van der Waals surface area contributed by atoms with Gasteiger partial charge in [0.1, 0.15) is 0 Å². The van der Waals surface area contributed by atoms with Crippen LogP contribution in [0.15, 0.2) is 66.3 Å². The fourth-order valence-corrected chi connectivity index (χ4v) is 3.42. The van der Waals surface area contributed by atoms with Gasteiger partial charge in [-0.3, -0.25) is 4.79 Å². The fourth-order valence-electron chi connectivity index (χ4n) is 3.42. The molecule has 0 N–H and O–H groups in total. The van der Waals surface area contributed by atoms with Crippen LogP contribution in [-0.4, -0.2) is 18.4 Å². The Balaban J connectivity index is 1.59. The lowest BCUT2D eigenvalue weighted by atomic mass is 9.96. The van der Waals surface area contributed by atoms with Gasteiger partial charge in [0.25, 0.3) is 0 Å². The van der Waals surface area contributed by atoms with Crippen LogP contribution in [0.25, 0.3) is 0 Å². The number of esters is 1. The van der Waals surface area contributed by atoms with Gasteiger partial charge in [0, 0.05) is 11.5 Å². The van der Waals surface area contributed by atoms with Crippen molar-refractivity contribution in [3.63, 3.8) is 0 Å². The number of carbonyl (C=O) groups is 2. The summed E-state index contributed by atoms with van der Waals surface area (Å²) in [5.41, 5.74) is 1.57. The molecular weight excluding hydrogens is 360 g/mol. The first kappa shape index (κ1) is 22.9. The molecule has 0 bridgehead atoms. The molecule has 0 heterocycles. The molecular formula is C26H34O3. The molecule has 0 aromatic heterocycles. The third-order valence-electron chi connectivity index (χ3n) is 5.15. The first-order chi connectivity index (χ1) is 14.2. The molecule has 1 unspecified atom stereocenters. The van der Waals surface area contributed by atoms with Gasteiger partial charge in [0.15, 0.2) is 5.78 Å². The van der Waals surface area contributed by atoms with Crippen LogP contribution in [0, 0.1) is 5.92 Å². The molecule has 1 aliphatic carbocycles. The molecule has 0 saturated heterocycles. The Morgan fingerprint density at radius 1 is 1.00 bits per heavy atom. The van der Waals surface area contributed by atoms with Crippen molar-refractivity contribution in [2.75, 3.05) is 6.61 Å². The molecule has 0 radical (unpaired) electrons. The summed E-state index contributed by atoms with van der Waals surface area (Å²) in [7, 11) is 0. The van der Waals surface area contributed by atoms with E-state index in [4.69, 9.17) is 4.74 Å². The molecule has 0 fully saturated rings. The zero-order chi connectivity index (χ0) is 20.7. The van der Waals surface area contributed by atoms with E-state index >= 15 is 0 Å². The van der Waals surface area contributed by atoms with Gasteiger partial charge in [-0.2, -0.15) is 0 Å². The smallest absolute Gasteiger partial charge is 0.338 e. The summed E-state index contributed by atoms with van der Waals surface area (Å²) in [5, 5.41) is 0. The van der Waals surface area contributed by atoms with Gasteiger partial charge in [-0.05, 0) is 56.7 Å². The second-order valence-corrected chi connectivity index (χ2v) is 7.54. The van der Waals surface area contributed by atoms with E-state index in [2.05, 4.69) is 25.2 Å². The minimum absolute atomic E-state index is 0.180. The Kier molecular flexibility index (Phi) is 10.8.